The van der Waals surface area contributed by atoms with Crippen molar-refractivity contribution in [2.45, 2.75) is 26.5 Å². The lowest BCUT2D eigenvalue weighted by Crippen LogP contribution is -2.14. The van der Waals surface area contributed by atoms with E-state index >= 15 is 0 Å². The Balaban J connectivity index is 1.84. The first-order valence-electron chi connectivity index (χ1n) is 6.66. The summed E-state index contributed by atoms with van der Waals surface area (Å²) in [7, 11) is 0. The molecule has 0 aliphatic heterocycles. The number of pyridine rings is 2. The van der Waals surface area contributed by atoms with Gasteiger partial charge in [0.15, 0.2) is 0 Å². The molecule has 106 valence electrons. The van der Waals surface area contributed by atoms with E-state index < -0.39 is 0 Å². The molecule has 4 nitrogen and oxygen atoms in total. The van der Waals surface area contributed by atoms with Crippen molar-refractivity contribution in [2.75, 3.05) is 6.54 Å². The lowest BCUT2D eigenvalue weighted by molar-refractivity contribution is 0.304. The quantitative estimate of drug-likeness (QED) is 0.788. The monoisotopic (exact) mass is 335 g/mol. The summed E-state index contributed by atoms with van der Waals surface area (Å²) in [5, 5.41) is 3.32. The zero-order valence-electron chi connectivity index (χ0n) is 11.5. The third kappa shape index (κ3) is 4.90. The molecule has 1 N–H and O–H groups in total. The molecule has 5 heteroatoms. The van der Waals surface area contributed by atoms with Gasteiger partial charge in [-0.05, 0) is 47.1 Å². The largest absolute Gasteiger partial charge is 0.487 e. The highest BCUT2D eigenvalue weighted by Gasteiger charge is 1.99. The SMILES string of the molecule is CCCNCc1ccc(OCc2cncc(Br)c2)cn1. The number of hydrogen-bond donors (Lipinski definition) is 1. The Hall–Kier alpha value is -1.46. The smallest absolute Gasteiger partial charge is 0.138 e. The van der Waals surface area contributed by atoms with Crippen LogP contribution in [0.2, 0.25) is 0 Å². The second kappa shape index (κ2) is 7.97. The third-order valence-corrected chi connectivity index (χ3v) is 3.13. The fourth-order valence-corrected chi connectivity index (χ4v) is 2.11. The van der Waals surface area contributed by atoms with Gasteiger partial charge in [-0.2, -0.15) is 0 Å². The van der Waals surface area contributed by atoms with Crippen molar-refractivity contribution in [3.63, 3.8) is 0 Å². The van der Waals surface area contributed by atoms with Crippen molar-refractivity contribution >= 4 is 15.9 Å². The summed E-state index contributed by atoms with van der Waals surface area (Å²) in [6, 6.07) is 5.92. The molecule has 0 spiro atoms. The molecule has 0 aromatic carbocycles. The van der Waals surface area contributed by atoms with Gasteiger partial charge in [0.05, 0.1) is 11.9 Å². The summed E-state index contributed by atoms with van der Waals surface area (Å²) < 4.78 is 6.64. The predicted molar refractivity (Wildman–Crippen MR) is 82.5 cm³/mol. The molecule has 2 aromatic rings. The van der Waals surface area contributed by atoms with Crippen LogP contribution in [0.25, 0.3) is 0 Å². The number of nitrogens with zero attached hydrogens (tertiary/aromatic N) is 2. The molecule has 0 amide bonds. The molecule has 2 aromatic heterocycles. The molecule has 0 saturated carbocycles. The van der Waals surface area contributed by atoms with Gasteiger partial charge in [-0.15, -0.1) is 0 Å². The van der Waals surface area contributed by atoms with Crippen LogP contribution < -0.4 is 10.1 Å². The molecule has 20 heavy (non-hydrogen) atoms. The maximum absolute atomic E-state index is 5.68. The number of ether oxygens (including phenoxy) is 1. The lowest BCUT2D eigenvalue weighted by Gasteiger charge is -2.07. The number of aromatic nitrogens is 2. The molecule has 0 atom stereocenters. The van der Waals surface area contributed by atoms with E-state index in [9.17, 15) is 0 Å². The van der Waals surface area contributed by atoms with E-state index in [0.29, 0.717) is 6.61 Å². The molecule has 0 bridgehead atoms. The topological polar surface area (TPSA) is 47.0 Å². The molecule has 0 fully saturated rings. The van der Waals surface area contributed by atoms with Gasteiger partial charge >= 0.3 is 0 Å². The minimum atomic E-state index is 0.488. The minimum Gasteiger partial charge on any atom is -0.487 e. The van der Waals surface area contributed by atoms with Crippen LogP contribution in [-0.2, 0) is 13.2 Å². The second-order valence-corrected chi connectivity index (χ2v) is 5.38. The van der Waals surface area contributed by atoms with Gasteiger partial charge in [0.2, 0.25) is 0 Å². The van der Waals surface area contributed by atoms with Crippen LogP contribution in [0.15, 0.2) is 41.3 Å². The lowest BCUT2D eigenvalue weighted by atomic mass is 10.3. The molecule has 0 unspecified atom stereocenters. The molecule has 0 radical (unpaired) electrons. The van der Waals surface area contributed by atoms with Crippen molar-refractivity contribution < 1.29 is 4.74 Å². The number of nitrogens with one attached hydrogen (secondary N) is 1. The Morgan fingerprint density at radius 2 is 2.15 bits per heavy atom. The normalized spacial score (nSPS) is 10.5. The summed E-state index contributed by atoms with van der Waals surface area (Å²) in [5.74, 6) is 0.768. The minimum absolute atomic E-state index is 0.488. The first-order chi connectivity index (χ1) is 9.78. The van der Waals surface area contributed by atoms with Crippen LogP contribution >= 0.6 is 15.9 Å². The first-order valence-corrected chi connectivity index (χ1v) is 7.45. The third-order valence-electron chi connectivity index (χ3n) is 2.70. The summed E-state index contributed by atoms with van der Waals surface area (Å²) in [5.41, 5.74) is 2.04. The van der Waals surface area contributed by atoms with E-state index in [4.69, 9.17) is 4.74 Å². The summed E-state index contributed by atoms with van der Waals surface area (Å²) in [6.07, 6.45) is 6.43. The first kappa shape index (κ1) is 14.9. The van der Waals surface area contributed by atoms with Crippen molar-refractivity contribution in [1.29, 1.82) is 0 Å². The van der Waals surface area contributed by atoms with Gasteiger partial charge in [-0.25, -0.2) is 0 Å². The van der Waals surface area contributed by atoms with Gasteiger partial charge in [0.1, 0.15) is 12.4 Å². The highest BCUT2D eigenvalue weighted by Crippen LogP contribution is 2.14. The second-order valence-electron chi connectivity index (χ2n) is 4.46. The standard InChI is InChI=1S/C15H18BrN3O/c1-2-5-17-9-14-3-4-15(10-19-14)20-11-12-6-13(16)8-18-7-12/h3-4,6-8,10,17H,2,5,9,11H2,1H3. The van der Waals surface area contributed by atoms with E-state index in [0.717, 1.165) is 41.0 Å². The Kier molecular flexibility index (Phi) is 5.95. The maximum Gasteiger partial charge on any atom is 0.138 e. The van der Waals surface area contributed by atoms with Gasteiger partial charge in [-0.1, -0.05) is 6.92 Å². The highest BCUT2D eigenvalue weighted by atomic mass is 79.9. The molecule has 2 heterocycles. The van der Waals surface area contributed by atoms with E-state index in [1.807, 2.05) is 18.2 Å². The highest BCUT2D eigenvalue weighted by molar-refractivity contribution is 9.10. The van der Waals surface area contributed by atoms with Gasteiger partial charge in [0.25, 0.3) is 0 Å². The van der Waals surface area contributed by atoms with Crippen molar-refractivity contribution in [3.8, 4) is 5.75 Å². The Morgan fingerprint density at radius 3 is 2.85 bits per heavy atom. The van der Waals surface area contributed by atoms with Crippen LogP contribution in [0.4, 0.5) is 0 Å². The van der Waals surface area contributed by atoms with Gasteiger partial charge < -0.3 is 10.1 Å². The molecular weight excluding hydrogens is 318 g/mol. The zero-order chi connectivity index (χ0) is 14.2. The van der Waals surface area contributed by atoms with Crippen LogP contribution in [0.5, 0.6) is 5.75 Å². The summed E-state index contributed by atoms with van der Waals surface area (Å²) >= 11 is 3.39. The van der Waals surface area contributed by atoms with Crippen LogP contribution in [0, 0.1) is 0 Å². The summed E-state index contributed by atoms with van der Waals surface area (Å²) in [6.45, 7) is 4.44. The number of hydrogen-bond acceptors (Lipinski definition) is 4. The van der Waals surface area contributed by atoms with Crippen LogP contribution in [0.1, 0.15) is 24.6 Å². The van der Waals surface area contributed by atoms with E-state index in [1.54, 1.807) is 18.6 Å². The fourth-order valence-electron chi connectivity index (χ4n) is 1.70. The maximum atomic E-state index is 5.68. The predicted octanol–water partition coefficient (Wildman–Crippen LogP) is 3.32. The van der Waals surface area contributed by atoms with E-state index in [1.165, 1.54) is 0 Å². The summed E-state index contributed by atoms with van der Waals surface area (Å²) in [4.78, 5) is 8.47. The number of halogens is 1. The average molecular weight is 336 g/mol. The molecule has 2 rings (SSSR count). The fraction of sp³-hybridized carbons (Fsp3) is 0.333. The molecular formula is C15H18BrN3O. The molecule has 0 aliphatic carbocycles. The van der Waals surface area contributed by atoms with Crippen molar-refractivity contribution in [2.24, 2.45) is 0 Å². The van der Waals surface area contributed by atoms with Gasteiger partial charge in [-0.3, -0.25) is 9.97 Å². The van der Waals surface area contributed by atoms with Crippen LogP contribution in [-0.4, -0.2) is 16.5 Å². The van der Waals surface area contributed by atoms with Crippen molar-refractivity contribution in [1.82, 2.24) is 15.3 Å². The van der Waals surface area contributed by atoms with E-state index in [2.05, 4.69) is 38.1 Å². The Morgan fingerprint density at radius 1 is 1.25 bits per heavy atom. The Labute approximate surface area is 127 Å². The van der Waals surface area contributed by atoms with Crippen LogP contribution in [0.3, 0.4) is 0 Å². The molecule has 0 aliphatic rings. The Bertz CT molecular complexity index is 531. The number of rotatable bonds is 7. The zero-order valence-corrected chi connectivity index (χ0v) is 13.1. The van der Waals surface area contributed by atoms with E-state index in [-0.39, 0.29) is 0 Å². The molecule has 0 saturated heterocycles. The van der Waals surface area contributed by atoms with Crippen molar-refractivity contribution in [3.05, 3.63) is 52.5 Å². The van der Waals surface area contributed by atoms with Gasteiger partial charge in [0, 0.05) is 29.0 Å². The average Bonchev–Trinajstić information content (AvgIpc) is 2.47.